The Morgan fingerprint density at radius 2 is 1.97 bits per heavy atom. The molecule has 1 atom stereocenters. The highest BCUT2D eigenvalue weighted by atomic mass is 35.5. The van der Waals surface area contributed by atoms with Gasteiger partial charge in [0.1, 0.15) is 11.9 Å². The molecule has 8 nitrogen and oxygen atoms in total. The predicted molar refractivity (Wildman–Crippen MR) is 134 cm³/mol. The molecule has 2 aromatic heterocycles. The molecular formula is C25H29Cl2N3O5. The van der Waals surface area contributed by atoms with Crippen LogP contribution in [0.15, 0.2) is 24.5 Å². The monoisotopic (exact) mass is 521 g/mol. The zero-order valence-electron chi connectivity index (χ0n) is 19.9. The van der Waals surface area contributed by atoms with Crippen molar-refractivity contribution in [1.82, 2.24) is 14.3 Å². The summed E-state index contributed by atoms with van der Waals surface area (Å²) in [6.07, 6.45) is 7.12. The van der Waals surface area contributed by atoms with Crippen molar-refractivity contribution >= 4 is 46.0 Å². The normalized spacial score (nSPS) is 15.9. The van der Waals surface area contributed by atoms with Crippen molar-refractivity contribution < 1.29 is 23.8 Å². The highest BCUT2D eigenvalue weighted by Gasteiger charge is 2.28. The highest BCUT2D eigenvalue weighted by molar-refractivity contribution is 6.45. The molecule has 0 amide bonds. The number of carbonyl (C=O) groups excluding carboxylic acids is 2. The first-order chi connectivity index (χ1) is 17.0. The fourth-order valence-corrected chi connectivity index (χ4v) is 4.90. The second kappa shape index (κ2) is 11.5. The first-order valence-electron chi connectivity index (χ1n) is 11.9. The molecule has 0 bridgehead atoms. The number of hydrogen-bond acceptors (Lipinski definition) is 6. The maximum Gasteiger partial charge on any atom is 0.355 e. The lowest BCUT2D eigenvalue weighted by molar-refractivity contribution is -0.143. The van der Waals surface area contributed by atoms with Crippen molar-refractivity contribution in [3.05, 3.63) is 40.3 Å². The number of ether oxygens (including phenoxy) is 3. The van der Waals surface area contributed by atoms with E-state index in [9.17, 15) is 9.59 Å². The summed E-state index contributed by atoms with van der Waals surface area (Å²) < 4.78 is 20.0. The van der Waals surface area contributed by atoms with Gasteiger partial charge >= 0.3 is 11.9 Å². The molecule has 3 heterocycles. The van der Waals surface area contributed by atoms with Crippen LogP contribution in [0.4, 0.5) is 0 Å². The Hall–Kier alpha value is -2.55. The fourth-order valence-electron chi connectivity index (χ4n) is 4.48. The van der Waals surface area contributed by atoms with E-state index in [2.05, 4.69) is 5.10 Å². The minimum absolute atomic E-state index is 0.139. The van der Waals surface area contributed by atoms with Gasteiger partial charge in [-0.2, -0.15) is 5.10 Å². The number of carbonyl (C=O) groups is 2. The Morgan fingerprint density at radius 1 is 1.17 bits per heavy atom. The lowest BCUT2D eigenvalue weighted by atomic mass is 10.1. The van der Waals surface area contributed by atoms with Crippen LogP contribution in [0.2, 0.25) is 10.0 Å². The maximum absolute atomic E-state index is 13.3. The zero-order valence-corrected chi connectivity index (χ0v) is 21.4. The smallest absolute Gasteiger partial charge is 0.355 e. The number of aromatic nitrogens is 3. The standard InChI is InChI=1S/C25H29Cl2N3O5/c1-3-33-20(31)9-7-12-29-23-17(10-11-18(26)22(23)27)21(24(29)25(32)34-4-2)16-14-28-30(15-16)19-8-5-6-13-35-19/h10-11,14-15,19H,3-9,12-13H2,1-2H3. The van der Waals surface area contributed by atoms with Gasteiger partial charge in [0.25, 0.3) is 0 Å². The number of halogens is 2. The van der Waals surface area contributed by atoms with E-state index in [0.717, 1.165) is 30.2 Å². The molecule has 35 heavy (non-hydrogen) atoms. The lowest BCUT2D eigenvalue weighted by Crippen LogP contribution is -2.18. The third kappa shape index (κ3) is 5.34. The van der Waals surface area contributed by atoms with E-state index in [0.29, 0.717) is 53.0 Å². The number of benzene rings is 1. The van der Waals surface area contributed by atoms with Crippen molar-refractivity contribution in [2.24, 2.45) is 0 Å². The highest BCUT2D eigenvalue weighted by Crippen LogP contribution is 2.41. The second-order valence-corrected chi connectivity index (χ2v) is 9.08. The van der Waals surface area contributed by atoms with Crippen molar-refractivity contribution in [2.75, 3.05) is 19.8 Å². The zero-order chi connectivity index (χ0) is 24.9. The molecule has 1 aliphatic heterocycles. The summed E-state index contributed by atoms with van der Waals surface area (Å²) in [4.78, 5) is 25.2. The number of esters is 2. The van der Waals surface area contributed by atoms with Crippen molar-refractivity contribution in [1.29, 1.82) is 0 Å². The van der Waals surface area contributed by atoms with Gasteiger partial charge in [-0.25, -0.2) is 9.48 Å². The van der Waals surface area contributed by atoms with Gasteiger partial charge in [-0.15, -0.1) is 0 Å². The fraction of sp³-hybridized carbons (Fsp3) is 0.480. The molecule has 1 saturated heterocycles. The van der Waals surface area contributed by atoms with Crippen molar-refractivity contribution in [2.45, 2.75) is 58.7 Å². The van der Waals surface area contributed by atoms with E-state index >= 15 is 0 Å². The van der Waals surface area contributed by atoms with Crippen LogP contribution in [0.25, 0.3) is 22.0 Å². The minimum atomic E-state index is -0.483. The molecule has 3 aromatic rings. The first kappa shape index (κ1) is 25.5. The van der Waals surface area contributed by atoms with Gasteiger partial charge in [0.15, 0.2) is 0 Å². The summed E-state index contributed by atoms with van der Waals surface area (Å²) in [5, 5.41) is 5.99. The van der Waals surface area contributed by atoms with Gasteiger partial charge in [-0.1, -0.05) is 29.3 Å². The van der Waals surface area contributed by atoms with Gasteiger partial charge in [-0.3, -0.25) is 4.79 Å². The van der Waals surface area contributed by atoms with Crippen LogP contribution in [0, 0.1) is 0 Å². The van der Waals surface area contributed by atoms with Crippen LogP contribution >= 0.6 is 23.2 Å². The summed E-state index contributed by atoms with van der Waals surface area (Å²) in [7, 11) is 0. The number of hydrogen-bond donors (Lipinski definition) is 0. The first-order valence-corrected chi connectivity index (χ1v) is 12.7. The Kier molecular flexibility index (Phi) is 8.36. The molecular weight excluding hydrogens is 493 g/mol. The van der Waals surface area contributed by atoms with Crippen LogP contribution in [0.3, 0.4) is 0 Å². The largest absolute Gasteiger partial charge is 0.466 e. The molecule has 1 fully saturated rings. The molecule has 4 rings (SSSR count). The van der Waals surface area contributed by atoms with Crippen LogP contribution in [-0.4, -0.2) is 46.1 Å². The summed E-state index contributed by atoms with van der Waals surface area (Å²) >= 11 is 13.0. The summed E-state index contributed by atoms with van der Waals surface area (Å²) in [6, 6.07) is 3.56. The SMILES string of the molecule is CCOC(=O)CCCn1c(C(=O)OCC)c(-c2cnn(C3CCCCO3)c2)c2ccc(Cl)c(Cl)c21. The molecule has 1 aromatic carbocycles. The van der Waals surface area contributed by atoms with Crippen LogP contribution in [0.5, 0.6) is 0 Å². The van der Waals surface area contributed by atoms with Crippen molar-refractivity contribution in [3.8, 4) is 11.1 Å². The quantitative estimate of drug-likeness (QED) is 0.319. The number of rotatable bonds is 9. The van der Waals surface area contributed by atoms with E-state index in [1.807, 2.05) is 12.3 Å². The van der Waals surface area contributed by atoms with E-state index < -0.39 is 5.97 Å². The number of aryl methyl sites for hydroxylation is 1. The molecule has 10 heteroatoms. The van der Waals surface area contributed by atoms with Gasteiger partial charge < -0.3 is 18.8 Å². The molecule has 1 unspecified atom stereocenters. The van der Waals surface area contributed by atoms with E-state index in [-0.39, 0.29) is 25.2 Å². The van der Waals surface area contributed by atoms with Gasteiger partial charge in [-0.05, 0) is 45.6 Å². The summed E-state index contributed by atoms with van der Waals surface area (Å²) in [6.45, 7) is 5.10. The minimum Gasteiger partial charge on any atom is -0.466 e. The summed E-state index contributed by atoms with van der Waals surface area (Å²) in [5.41, 5.74) is 2.37. The number of fused-ring (bicyclic) bond motifs is 1. The van der Waals surface area contributed by atoms with Gasteiger partial charge in [0.05, 0.1) is 35.0 Å². The Labute approximate surface area is 214 Å². The van der Waals surface area contributed by atoms with E-state index in [4.69, 9.17) is 37.4 Å². The molecule has 188 valence electrons. The lowest BCUT2D eigenvalue weighted by Gasteiger charge is -2.22. The molecule has 0 N–H and O–H groups in total. The maximum atomic E-state index is 13.3. The van der Waals surface area contributed by atoms with E-state index in [1.54, 1.807) is 35.4 Å². The average molecular weight is 522 g/mol. The topological polar surface area (TPSA) is 84.6 Å². The molecule has 1 aliphatic rings. The van der Waals surface area contributed by atoms with E-state index in [1.165, 1.54) is 0 Å². The molecule has 0 spiro atoms. The van der Waals surface area contributed by atoms with Crippen molar-refractivity contribution in [3.63, 3.8) is 0 Å². The van der Waals surface area contributed by atoms with Crippen LogP contribution < -0.4 is 0 Å². The predicted octanol–water partition coefficient (Wildman–Crippen LogP) is 6.03. The summed E-state index contributed by atoms with van der Waals surface area (Å²) in [5.74, 6) is -0.775. The Balaban J connectivity index is 1.83. The van der Waals surface area contributed by atoms with Crippen LogP contribution in [0.1, 0.15) is 62.7 Å². The van der Waals surface area contributed by atoms with Crippen LogP contribution in [-0.2, 0) is 25.5 Å². The third-order valence-corrected chi connectivity index (χ3v) is 6.79. The molecule has 0 radical (unpaired) electrons. The second-order valence-electron chi connectivity index (χ2n) is 8.29. The molecule has 0 saturated carbocycles. The van der Waals surface area contributed by atoms with Gasteiger partial charge in [0.2, 0.25) is 0 Å². The van der Waals surface area contributed by atoms with Gasteiger partial charge in [0, 0.05) is 42.3 Å². The average Bonchev–Trinajstić information content (AvgIpc) is 3.46. The molecule has 0 aliphatic carbocycles. The third-order valence-electron chi connectivity index (χ3n) is 5.99. The Bertz CT molecular complexity index is 1210. The Morgan fingerprint density at radius 3 is 2.69 bits per heavy atom. The number of nitrogens with zero attached hydrogens (tertiary/aromatic N) is 3.